The average molecular weight is 344 g/mol. The van der Waals surface area contributed by atoms with E-state index < -0.39 is 0 Å². The fraction of sp³-hybridized carbons (Fsp3) is 0.294. The molecular weight excluding hydrogens is 326 g/mol. The van der Waals surface area contributed by atoms with Crippen LogP contribution in [0.25, 0.3) is 11.3 Å². The Labute approximate surface area is 144 Å². The minimum atomic E-state index is 0.0879. The molecule has 1 atom stereocenters. The molecule has 0 amide bonds. The molecule has 2 aromatic heterocycles. The summed E-state index contributed by atoms with van der Waals surface area (Å²) in [4.78, 5) is 17.8. The predicted molar refractivity (Wildman–Crippen MR) is 91.6 cm³/mol. The van der Waals surface area contributed by atoms with Gasteiger partial charge in [-0.25, -0.2) is 9.97 Å². The third-order valence-corrected chi connectivity index (χ3v) is 4.47. The van der Waals surface area contributed by atoms with Crippen molar-refractivity contribution in [2.45, 2.75) is 12.6 Å². The Balaban J connectivity index is 1.56. The smallest absolute Gasteiger partial charge is 0.126 e. The number of ether oxygens (including phenoxy) is 1. The number of morpholine rings is 1. The molecule has 4 rings (SSSR count). The normalized spacial score (nSPS) is 18.8. The van der Waals surface area contributed by atoms with Gasteiger partial charge in [0.1, 0.15) is 11.6 Å². The first kappa shape index (κ1) is 15.4. The van der Waals surface area contributed by atoms with E-state index >= 15 is 0 Å². The van der Waals surface area contributed by atoms with Crippen LogP contribution in [-0.2, 0) is 11.3 Å². The fourth-order valence-corrected chi connectivity index (χ4v) is 3.06. The molecule has 0 radical (unpaired) electrons. The highest BCUT2D eigenvalue weighted by atomic mass is 35.5. The zero-order valence-corrected chi connectivity index (χ0v) is 13.8. The third-order valence-electron chi connectivity index (χ3n) is 4.21. The SMILES string of the molecule is Clc1ccc(-c2cnc([C@@H]3COCCN3Cc3ncc[nH]3)[nH]2)cc1. The lowest BCUT2D eigenvalue weighted by Crippen LogP contribution is -2.39. The summed E-state index contributed by atoms with van der Waals surface area (Å²) in [5, 5.41) is 0.726. The second kappa shape index (κ2) is 6.76. The van der Waals surface area contributed by atoms with Crippen molar-refractivity contribution >= 4 is 11.6 Å². The zero-order chi connectivity index (χ0) is 16.4. The van der Waals surface area contributed by atoms with E-state index in [0.717, 1.165) is 47.6 Å². The first-order valence-corrected chi connectivity index (χ1v) is 8.28. The van der Waals surface area contributed by atoms with Crippen molar-refractivity contribution < 1.29 is 4.74 Å². The molecule has 0 aliphatic carbocycles. The largest absolute Gasteiger partial charge is 0.378 e. The molecule has 124 valence electrons. The number of imidazole rings is 2. The molecule has 3 aromatic rings. The zero-order valence-electron chi connectivity index (χ0n) is 13.1. The van der Waals surface area contributed by atoms with Gasteiger partial charge in [0.2, 0.25) is 0 Å². The van der Waals surface area contributed by atoms with Gasteiger partial charge in [0, 0.05) is 24.0 Å². The fourth-order valence-electron chi connectivity index (χ4n) is 2.94. The van der Waals surface area contributed by atoms with Crippen molar-refractivity contribution in [2.24, 2.45) is 0 Å². The topological polar surface area (TPSA) is 69.8 Å². The molecule has 2 N–H and O–H groups in total. The number of hydrogen-bond donors (Lipinski definition) is 2. The maximum Gasteiger partial charge on any atom is 0.126 e. The van der Waals surface area contributed by atoms with Gasteiger partial charge in [-0.05, 0) is 17.7 Å². The van der Waals surface area contributed by atoms with Crippen molar-refractivity contribution in [2.75, 3.05) is 19.8 Å². The van der Waals surface area contributed by atoms with Crippen LogP contribution in [0.1, 0.15) is 17.7 Å². The molecule has 0 bridgehead atoms. The number of H-pyrrole nitrogens is 2. The van der Waals surface area contributed by atoms with E-state index in [1.165, 1.54) is 0 Å². The maximum atomic E-state index is 5.95. The molecule has 0 saturated carbocycles. The molecule has 3 heterocycles. The second-order valence-electron chi connectivity index (χ2n) is 5.79. The molecule has 1 fully saturated rings. The van der Waals surface area contributed by atoms with Crippen molar-refractivity contribution in [3.63, 3.8) is 0 Å². The summed E-state index contributed by atoms with van der Waals surface area (Å²) in [6.07, 6.45) is 5.48. The molecular formula is C17H18ClN5O. The average Bonchev–Trinajstić information content (AvgIpc) is 3.28. The minimum absolute atomic E-state index is 0.0879. The highest BCUT2D eigenvalue weighted by Crippen LogP contribution is 2.26. The summed E-state index contributed by atoms with van der Waals surface area (Å²) in [7, 11) is 0. The summed E-state index contributed by atoms with van der Waals surface area (Å²) >= 11 is 5.95. The van der Waals surface area contributed by atoms with Crippen LogP contribution >= 0.6 is 11.6 Å². The molecule has 1 aliphatic heterocycles. The van der Waals surface area contributed by atoms with Crippen LogP contribution in [0, 0.1) is 0 Å². The lowest BCUT2D eigenvalue weighted by molar-refractivity contribution is -0.0166. The molecule has 0 unspecified atom stereocenters. The van der Waals surface area contributed by atoms with Crippen molar-refractivity contribution in [3.8, 4) is 11.3 Å². The van der Waals surface area contributed by atoms with E-state index in [9.17, 15) is 0 Å². The van der Waals surface area contributed by atoms with E-state index in [0.29, 0.717) is 6.61 Å². The van der Waals surface area contributed by atoms with Gasteiger partial charge < -0.3 is 14.7 Å². The predicted octanol–water partition coefficient (Wildman–Crippen LogP) is 3.03. The summed E-state index contributed by atoms with van der Waals surface area (Å²) < 4.78 is 5.67. The second-order valence-corrected chi connectivity index (χ2v) is 6.22. The van der Waals surface area contributed by atoms with E-state index in [1.54, 1.807) is 6.20 Å². The van der Waals surface area contributed by atoms with E-state index in [2.05, 4.69) is 24.8 Å². The minimum Gasteiger partial charge on any atom is -0.378 e. The Hall–Kier alpha value is -2.15. The molecule has 1 saturated heterocycles. The van der Waals surface area contributed by atoms with Gasteiger partial charge in [-0.3, -0.25) is 4.90 Å². The van der Waals surface area contributed by atoms with Crippen LogP contribution in [0.5, 0.6) is 0 Å². The van der Waals surface area contributed by atoms with Crippen molar-refractivity contribution in [1.82, 2.24) is 24.8 Å². The van der Waals surface area contributed by atoms with Crippen LogP contribution in [0.15, 0.2) is 42.9 Å². The standard InChI is InChI=1S/C17H18ClN5O/c18-13-3-1-12(2-4-13)14-9-21-17(22-14)15-11-24-8-7-23(15)10-16-19-5-6-20-16/h1-6,9,15H,7-8,10-11H2,(H,19,20)(H,21,22)/t15-/m0/s1. The first-order chi connectivity index (χ1) is 11.8. The van der Waals surface area contributed by atoms with Gasteiger partial charge in [-0.2, -0.15) is 0 Å². The molecule has 24 heavy (non-hydrogen) atoms. The number of nitrogens with zero attached hydrogens (tertiary/aromatic N) is 3. The number of aromatic amines is 2. The van der Waals surface area contributed by atoms with E-state index in [-0.39, 0.29) is 6.04 Å². The van der Waals surface area contributed by atoms with Crippen LogP contribution < -0.4 is 0 Å². The van der Waals surface area contributed by atoms with Crippen molar-refractivity contribution in [1.29, 1.82) is 0 Å². The summed E-state index contributed by atoms with van der Waals surface area (Å²) in [5.41, 5.74) is 2.04. The Bertz CT molecular complexity index is 784. The molecule has 6 nitrogen and oxygen atoms in total. The van der Waals surface area contributed by atoms with Gasteiger partial charge in [0.25, 0.3) is 0 Å². The van der Waals surface area contributed by atoms with Crippen LogP contribution in [0.3, 0.4) is 0 Å². The van der Waals surface area contributed by atoms with E-state index in [4.69, 9.17) is 16.3 Å². The van der Waals surface area contributed by atoms with Gasteiger partial charge >= 0.3 is 0 Å². The van der Waals surface area contributed by atoms with Crippen LogP contribution in [-0.4, -0.2) is 44.6 Å². The lowest BCUT2D eigenvalue weighted by atomic mass is 10.2. The van der Waals surface area contributed by atoms with Gasteiger partial charge in [0.15, 0.2) is 0 Å². The molecule has 1 aliphatic rings. The van der Waals surface area contributed by atoms with Gasteiger partial charge in [0.05, 0.1) is 37.7 Å². The number of hydrogen-bond acceptors (Lipinski definition) is 4. The van der Waals surface area contributed by atoms with E-state index in [1.807, 2.05) is 36.7 Å². The van der Waals surface area contributed by atoms with Gasteiger partial charge in [-0.15, -0.1) is 0 Å². The number of nitrogens with one attached hydrogen (secondary N) is 2. The van der Waals surface area contributed by atoms with Gasteiger partial charge in [-0.1, -0.05) is 23.7 Å². The summed E-state index contributed by atoms with van der Waals surface area (Å²) in [6, 6.07) is 7.81. The Kier molecular flexibility index (Phi) is 4.34. The summed E-state index contributed by atoms with van der Waals surface area (Å²) in [6.45, 7) is 2.94. The number of rotatable bonds is 4. The Morgan fingerprint density at radius 1 is 1.25 bits per heavy atom. The maximum absolute atomic E-state index is 5.95. The number of halogens is 1. The Morgan fingerprint density at radius 3 is 2.92 bits per heavy atom. The Morgan fingerprint density at radius 2 is 2.12 bits per heavy atom. The lowest BCUT2D eigenvalue weighted by Gasteiger charge is -2.33. The number of aromatic nitrogens is 4. The highest BCUT2D eigenvalue weighted by Gasteiger charge is 2.27. The molecule has 1 aromatic carbocycles. The monoisotopic (exact) mass is 343 g/mol. The first-order valence-electron chi connectivity index (χ1n) is 7.90. The van der Waals surface area contributed by atoms with Crippen LogP contribution in [0.4, 0.5) is 0 Å². The molecule has 7 heteroatoms. The van der Waals surface area contributed by atoms with Crippen molar-refractivity contribution in [3.05, 3.63) is 59.5 Å². The quantitative estimate of drug-likeness (QED) is 0.764. The summed E-state index contributed by atoms with van der Waals surface area (Å²) in [5.74, 6) is 1.86. The van der Waals surface area contributed by atoms with Crippen LogP contribution in [0.2, 0.25) is 5.02 Å². The number of benzene rings is 1. The molecule has 0 spiro atoms. The third kappa shape index (κ3) is 3.21. The highest BCUT2D eigenvalue weighted by molar-refractivity contribution is 6.30.